The topological polar surface area (TPSA) is 118 Å². The van der Waals surface area contributed by atoms with Crippen molar-refractivity contribution in [2.45, 2.75) is 50.1 Å². The van der Waals surface area contributed by atoms with E-state index >= 15 is 0 Å². The van der Waals surface area contributed by atoms with Crippen molar-refractivity contribution in [1.29, 1.82) is 0 Å². The van der Waals surface area contributed by atoms with Gasteiger partial charge in [-0.3, -0.25) is 4.57 Å². The van der Waals surface area contributed by atoms with E-state index in [-0.39, 0.29) is 6.61 Å². The molecule has 2 aromatic heterocycles. The largest absolute Gasteiger partial charge is 0.394 e. The quantitative estimate of drug-likeness (QED) is 0.755. The summed E-state index contributed by atoms with van der Waals surface area (Å²) in [5.41, 5.74) is 6.87. The van der Waals surface area contributed by atoms with Gasteiger partial charge in [-0.2, -0.15) is 0 Å². The molecule has 2 fully saturated rings. The Bertz CT molecular complexity index is 834. The first-order valence-electron chi connectivity index (χ1n) is 8.05. The zero-order valence-corrected chi connectivity index (χ0v) is 13.7. The number of terminal acetylenes is 1. The second-order valence-electron chi connectivity index (χ2n) is 6.33. The van der Waals surface area contributed by atoms with Crippen LogP contribution in [0.3, 0.4) is 0 Å². The van der Waals surface area contributed by atoms with Gasteiger partial charge >= 0.3 is 0 Å². The zero-order chi connectivity index (χ0) is 17.6. The van der Waals surface area contributed by atoms with Crippen LogP contribution in [0.4, 0.5) is 5.82 Å². The Morgan fingerprint density at radius 3 is 2.92 bits per heavy atom. The van der Waals surface area contributed by atoms with E-state index < -0.39 is 30.3 Å². The van der Waals surface area contributed by atoms with Gasteiger partial charge in [0.05, 0.1) is 12.9 Å². The van der Waals surface area contributed by atoms with Crippen LogP contribution in [0.25, 0.3) is 11.2 Å². The summed E-state index contributed by atoms with van der Waals surface area (Å²) in [6, 6.07) is 0. The molecule has 2 aliphatic heterocycles. The molecular weight excluding hydrogens is 326 g/mol. The average molecular weight is 345 g/mol. The maximum Gasteiger partial charge on any atom is 0.167 e. The highest BCUT2D eigenvalue weighted by Gasteiger charge is 2.57. The zero-order valence-electron chi connectivity index (χ0n) is 13.7. The van der Waals surface area contributed by atoms with Gasteiger partial charge < -0.3 is 25.1 Å². The molecule has 0 radical (unpaired) electrons. The number of nitrogen functional groups attached to an aromatic ring is 1. The van der Waals surface area contributed by atoms with Gasteiger partial charge in [-0.25, -0.2) is 15.0 Å². The van der Waals surface area contributed by atoms with E-state index in [0.717, 1.165) is 0 Å². The molecule has 2 aromatic rings. The van der Waals surface area contributed by atoms with Gasteiger partial charge in [-0.15, -0.1) is 12.3 Å². The maximum absolute atomic E-state index is 9.67. The molecule has 132 valence electrons. The second kappa shape index (κ2) is 5.93. The monoisotopic (exact) mass is 345 g/mol. The Morgan fingerprint density at radius 1 is 1.36 bits per heavy atom. The van der Waals surface area contributed by atoms with E-state index in [1.807, 2.05) is 6.92 Å². The summed E-state index contributed by atoms with van der Waals surface area (Å²) >= 11 is 0. The first kappa shape index (κ1) is 16.2. The number of hydrogen-bond donors (Lipinski definition) is 2. The van der Waals surface area contributed by atoms with Crippen molar-refractivity contribution in [3.8, 4) is 12.3 Å². The Hall–Kier alpha value is -2.25. The van der Waals surface area contributed by atoms with Crippen LogP contribution in [0.5, 0.6) is 0 Å². The highest BCUT2D eigenvalue weighted by molar-refractivity contribution is 5.81. The third-order valence-electron chi connectivity index (χ3n) is 4.62. The number of ether oxygens (including phenoxy) is 3. The average Bonchev–Trinajstić information content (AvgIpc) is 3.25. The summed E-state index contributed by atoms with van der Waals surface area (Å²) in [6.45, 7) is 1.66. The number of aliphatic hydroxyl groups is 1. The summed E-state index contributed by atoms with van der Waals surface area (Å²) in [5, 5.41) is 9.67. The van der Waals surface area contributed by atoms with E-state index in [9.17, 15) is 5.11 Å². The Labute approximate surface area is 144 Å². The van der Waals surface area contributed by atoms with Crippen LogP contribution < -0.4 is 5.73 Å². The highest BCUT2D eigenvalue weighted by Crippen LogP contribution is 2.45. The number of nitrogens with two attached hydrogens (primary N) is 1. The van der Waals surface area contributed by atoms with Crippen LogP contribution >= 0.6 is 0 Å². The molecule has 0 aromatic carbocycles. The minimum absolute atomic E-state index is 0.185. The molecule has 4 rings (SSSR count). The van der Waals surface area contributed by atoms with Crippen LogP contribution in [0.2, 0.25) is 0 Å². The molecule has 0 spiro atoms. The van der Waals surface area contributed by atoms with Crippen molar-refractivity contribution in [3.63, 3.8) is 0 Å². The molecule has 5 atom stereocenters. The van der Waals surface area contributed by atoms with Crippen LogP contribution in [-0.4, -0.2) is 55.3 Å². The Morgan fingerprint density at radius 2 is 2.16 bits per heavy atom. The van der Waals surface area contributed by atoms with Crippen molar-refractivity contribution in [1.82, 2.24) is 19.5 Å². The van der Waals surface area contributed by atoms with Gasteiger partial charge in [0.15, 0.2) is 23.5 Å². The fraction of sp³-hybridized carbons (Fsp3) is 0.562. The van der Waals surface area contributed by atoms with Crippen LogP contribution in [0.15, 0.2) is 12.7 Å². The molecule has 9 heteroatoms. The van der Waals surface area contributed by atoms with Gasteiger partial charge in [0, 0.05) is 12.8 Å². The second-order valence-corrected chi connectivity index (χ2v) is 6.33. The third-order valence-corrected chi connectivity index (χ3v) is 4.62. The number of imidazole rings is 1. The van der Waals surface area contributed by atoms with Crippen molar-refractivity contribution < 1.29 is 19.3 Å². The molecule has 0 amide bonds. The van der Waals surface area contributed by atoms with Crippen LogP contribution in [0.1, 0.15) is 26.0 Å². The van der Waals surface area contributed by atoms with E-state index in [2.05, 4.69) is 20.9 Å². The normalized spacial score (nSPS) is 34.3. The number of fused-ring (bicyclic) bond motifs is 2. The predicted octanol–water partition coefficient (Wildman–Crippen LogP) is 0.212. The van der Waals surface area contributed by atoms with E-state index in [0.29, 0.717) is 29.8 Å². The molecule has 2 aliphatic rings. The minimum atomic E-state index is -0.818. The molecule has 0 bridgehead atoms. The SMILES string of the molecule is C#CCCC1(C)O[C@@H]2[C@H](O1)[C@@H](CO)O[C@H]2n1cnc2c(N)ncnc21. The van der Waals surface area contributed by atoms with Crippen molar-refractivity contribution >= 4 is 17.0 Å². The lowest BCUT2D eigenvalue weighted by Crippen LogP contribution is -2.33. The smallest absolute Gasteiger partial charge is 0.167 e. The number of rotatable bonds is 4. The number of aromatic nitrogens is 4. The molecule has 9 nitrogen and oxygen atoms in total. The van der Waals surface area contributed by atoms with Gasteiger partial charge in [0.2, 0.25) is 0 Å². The summed E-state index contributed by atoms with van der Waals surface area (Å²) in [6.07, 6.45) is 7.50. The third kappa shape index (κ3) is 2.54. The lowest BCUT2D eigenvalue weighted by Gasteiger charge is -2.27. The highest BCUT2D eigenvalue weighted by atomic mass is 16.8. The first-order chi connectivity index (χ1) is 12.1. The van der Waals surface area contributed by atoms with Gasteiger partial charge in [-0.1, -0.05) is 0 Å². The first-order valence-corrected chi connectivity index (χ1v) is 8.05. The molecule has 1 unspecified atom stereocenters. The predicted molar refractivity (Wildman–Crippen MR) is 86.9 cm³/mol. The van der Waals surface area contributed by atoms with E-state index in [4.69, 9.17) is 26.4 Å². The van der Waals surface area contributed by atoms with E-state index in [1.165, 1.54) is 6.33 Å². The summed E-state index contributed by atoms with van der Waals surface area (Å²) in [5.74, 6) is 2.07. The summed E-state index contributed by atoms with van der Waals surface area (Å²) in [7, 11) is 0. The molecular formula is C16H19N5O4. The molecule has 25 heavy (non-hydrogen) atoms. The van der Waals surface area contributed by atoms with Crippen molar-refractivity contribution in [2.75, 3.05) is 12.3 Å². The number of aliphatic hydroxyl groups excluding tert-OH is 1. The van der Waals surface area contributed by atoms with Gasteiger partial charge in [-0.05, 0) is 6.92 Å². The van der Waals surface area contributed by atoms with Crippen LogP contribution in [-0.2, 0) is 14.2 Å². The molecule has 0 aliphatic carbocycles. The Balaban J connectivity index is 1.68. The lowest BCUT2D eigenvalue weighted by molar-refractivity contribution is -0.212. The lowest BCUT2D eigenvalue weighted by atomic mass is 10.1. The van der Waals surface area contributed by atoms with Gasteiger partial charge in [0.25, 0.3) is 0 Å². The van der Waals surface area contributed by atoms with Crippen LogP contribution in [0, 0.1) is 12.3 Å². The van der Waals surface area contributed by atoms with Crippen molar-refractivity contribution in [2.24, 2.45) is 0 Å². The molecule has 3 N–H and O–H groups in total. The standard InChI is InChI=1S/C16H19N5O4/c1-3-4-5-16(2)24-11-9(6-22)23-15(12(11)25-16)21-8-20-10-13(17)18-7-19-14(10)21/h1,7-9,11-12,15,22H,4-6H2,2H3,(H2,17,18,19)/t9-,11-,12-,15-,16?/m1/s1. The van der Waals surface area contributed by atoms with Gasteiger partial charge in [0.1, 0.15) is 30.2 Å². The Kier molecular flexibility index (Phi) is 3.85. The molecule has 2 saturated heterocycles. The number of nitrogens with zero attached hydrogens (tertiary/aromatic N) is 4. The molecule has 4 heterocycles. The van der Waals surface area contributed by atoms with Crippen molar-refractivity contribution in [3.05, 3.63) is 12.7 Å². The summed E-state index contributed by atoms with van der Waals surface area (Å²) < 4.78 is 19.9. The fourth-order valence-corrected chi connectivity index (χ4v) is 3.42. The fourth-order valence-electron chi connectivity index (χ4n) is 3.42. The minimum Gasteiger partial charge on any atom is -0.394 e. The number of anilines is 1. The molecule has 0 saturated carbocycles. The summed E-state index contributed by atoms with van der Waals surface area (Å²) in [4.78, 5) is 12.4. The van der Waals surface area contributed by atoms with E-state index in [1.54, 1.807) is 10.9 Å². The number of hydrogen-bond acceptors (Lipinski definition) is 8. The maximum atomic E-state index is 9.67.